The summed E-state index contributed by atoms with van der Waals surface area (Å²) >= 11 is 0. The molecule has 3 N–H and O–H groups in total. The lowest BCUT2D eigenvalue weighted by atomic mass is 10.1. The lowest BCUT2D eigenvalue weighted by molar-refractivity contribution is 0.0792. The van der Waals surface area contributed by atoms with E-state index < -0.39 is 0 Å². The second-order valence-electron chi connectivity index (χ2n) is 7.69. The van der Waals surface area contributed by atoms with Crippen LogP contribution < -0.4 is 10.6 Å². The van der Waals surface area contributed by atoms with Crippen molar-refractivity contribution in [1.82, 2.24) is 15.5 Å². The van der Waals surface area contributed by atoms with Gasteiger partial charge >= 0.3 is 0 Å². The summed E-state index contributed by atoms with van der Waals surface area (Å²) in [5.41, 5.74) is 4.14. The van der Waals surface area contributed by atoms with Crippen LogP contribution in [0.2, 0.25) is 0 Å². The Morgan fingerprint density at radius 3 is 2.20 bits per heavy atom. The topological polar surface area (TPSA) is 59.9 Å². The average molecular weight is 526 g/mol. The minimum absolute atomic E-state index is 0. The van der Waals surface area contributed by atoms with Crippen LogP contribution >= 0.6 is 24.0 Å². The number of piperidine rings is 1. The maximum absolute atomic E-state index is 13.4. The third-order valence-electron chi connectivity index (χ3n) is 5.35. The Morgan fingerprint density at radius 1 is 1.03 bits per heavy atom. The summed E-state index contributed by atoms with van der Waals surface area (Å²) < 4.78 is 13.4. The number of benzene rings is 2. The lowest BCUT2D eigenvalue weighted by Gasteiger charge is -2.29. The van der Waals surface area contributed by atoms with Crippen LogP contribution in [0.25, 0.3) is 0 Å². The fourth-order valence-corrected chi connectivity index (χ4v) is 3.51. The van der Waals surface area contributed by atoms with Crippen molar-refractivity contribution in [2.45, 2.75) is 45.5 Å². The first-order chi connectivity index (χ1) is 14.0. The molecule has 164 valence electrons. The molecular weight excluding hydrogens is 494 g/mol. The highest BCUT2D eigenvalue weighted by atomic mass is 127. The highest BCUT2D eigenvalue weighted by Crippen LogP contribution is 2.14. The van der Waals surface area contributed by atoms with Gasteiger partial charge in [-0.25, -0.2) is 4.39 Å². The summed E-state index contributed by atoms with van der Waals surface area (Å²) in [6, 6.07) is 13.7. The number of halogens is 2. The molecule has 3 rings (SSSR count). The van der Waals surface area contributed by atoms with E-state index in [2.05, 4.69) is 44.8 Å². The minimum atomic E-state index is -0.183. The summed E-state index contributed by atoms with van der Waals surface area (Å²) in [7, 11) is 1.74. The predicted octanol–water partition coefficient (Wildman–Crippen LogP) is 3.57. The van der Waals surface area contributed by atoms with Gasteiger partial charge < -0.3 is 15.7 Å². The molecule has 0 aromatic heterocycles. The maximum atomic E-state index is 13.4. The summed E-state index contributed by atoms with van der Waals surface area (Å²) in [6.07, 6.45) is 1.60. The maximum Gasteiger partial charge on any atom is 0.191 e. The van der Waals surface area contributed by atoms with Gasteiger partial charge in [0.15, 0.2) is 5.96 Å². The standard InChI is InChI=1S/C23H31FN4O.HI/c1-17-13-20(7-8-22(17)24)15-27-23(25-2)26-14-18-3-5-19(6-4-18)16-28-11-9-21(29)10-12-28;/h3-8,13,21,29H,9-12,14-16H2,1-2H3,(H2,25,26,27);1H. The Hall–Kier alpha value is -1.71. The SMILES string of the molecule is CN=C(NCc1ccc(CN2CCC(O)CC2)cc1)NCc1ccc(F)c(C)c1.I. The van der Waals surface area contributed by atoms with Gasteiger partial charge in [0.25, 0.3) is 0 Å². The van der Waals surface area contributed by atoms with Crippen molar-refractivity contribution in [1.29, 1.82) is 0 Å². The minimum Gasteiger partial charge on any atom is -0.393 e. The molecule has 1 fully saturated rings. The number of aryl methyl sites for hydroxylation is 1. The van der Waals surface area contributed by atoms with Gasteiger partial charge in [0.05, 0.1) is 6.10 Å². The number of guanidine groups is 1. The number of rotatable bonds is 6. The van der Waals surface area contributed by atoms with Crippen LogP contribution in [0.15, 0.2) is 47.5 Å². The Morgan fingerprint density at radius 2 is 1.60 bits per heavy atom. The van der Waals surface area contributed by atoms with Crippen LogP contribution in [0.3, 0.4) is 0 Å². The smallest absolute Gasteiger partial charge is 0.191 e. The predicted molar refractivity (Wildman–Crippen MR) is 131 cm³/mol. The molecule has 0 aliphatic carbocycles. The summed E-state index contributed by atoms with van der Waals surface area (Å²) in [4.78, 5) is 6.64. The van der Waals surface area contributed by atoms with E-state index >= 15 is 0 Å². The third-order valence-corrected chi connectivity index (χ3v) is 5.35. The van der Waals surface area contributed by atoms with E-state index in [1.807, 2.05) is 6.07 Å². The van der Waals surface area contributed by atoms with Crippen LogP contribution in [0.1, 0.15) is 35.1 Å². The summed E-state index contributed by atoms with van der Waals surface area (Å²) in [6.45, 7) is 5.88. The van der Waals surface area contributed by atoms with E-state index in [0.717, 1.165) is 38.0 Å². The molecule has 1 aliphatic rings. The molecule has 0 bridgehead atoms. The van der Waals surface area contributed by atoms with Crippen LogP contribution in [-0.2, 0) is 19.6 Å². The Bertz CT molecular complexity index is 820. The molecule has 0 amide bonds. The first-order valence-electron chi connectivity index (χ1n) is 10.2. The van der Waals surface area contributed by atoms with Crippen LogP contribution in [0.4, 0.5) is 4.39 Å². The van der Waals surface area contributed by atoms with Crippen molar-refractivity contribution in [3.05, 3.63) is 70.5 Å². The van der Waals surface area contributed by atoms with E-state index in [-0.39, 0.29) is 35.9 Å². The quantitative estimate of drug-likeness (QED) is 0.306. The number of hydrogen-bond acceptors (Lipinski definition) is 3. The molecule has 0 atom stereocenters. The van der Waals surface area contributed by atoms with Crippen LogP contribution in [-0.4, -0.2) is 42.2 Å². The van der Waals surface area contributed by atoms with Gasteiger partial charge in [-0.3, -0.25) is 9.89 Å². The molecule has 0 unspecified atom stereocenters. The Kier molecular flexibility index (Phi) is 10.0. The molecule has 7 heteroatoms. The van der Waals surface area contributed by atoms with Crippen molar-refractivity contribution in [3.8, 4) is 0 Å². The number of aliphatic hydroxyl groups is 1. The molecule has 2 aromatic carbocycles. The van der Waals surface area contributed by atoms with Gasteiger partial charge in [-0.05, 0) is 48.1 Å². The molecule has 0 radical (unpaired) electrons. The fourth-order valence-electron chi connectivity index (χ4n) is 3.51. The monoisotopic (exact) mass is 526 g/mol. The number of aliphatic hydroxyl groups excluding tert-OH is 1. The molecule has 30 heavy (non-hydrogen) atoms. The number of nitrogens with zero attached hydrogens (tertiary/aromatic N) is 2. The van der Waals surface area contributed by atoms with Gasteiger partial charge in [-0.2, -0.15) is 0 Å². The third kappa shape index (κ3) is 7.52. The van der Waals surface area contributed by atoms with Crippen molar-refractivity contribution < 1.29 is 9.50 Å². The molecule has 0 saturated carbocycles. The van der Waals surface area contributed by atoms with Gasteiger partial charge in [-0.15, -0.1) is 24.0 Å². The van der Waals surface area contributed by atoms with Crippen LogP contribution in [0, 0.1) is 12.7 Å². The number of aliphatic imine (C=N–C) groups is 1. The van der Waals surface area contributed by atoms with Gasteiger partial charge in [0, 0.05) is 39.8 Å². The number of hydrogen-bond donors (Lipinski definition) is 3. The van der Waals surface area contributed by atoms with Crippen molar-refractivity contribution >= 4 is 29.9 Å². The van der Waals surface area contributed by atoms with Crippen molar-refractivity contribution in [3.63, 3.8) is 0 Å². The first kappa shape index (κ1) is 24.6. The molecular formula is C23H32FIN4O. The normalized spacial score (nSPS) is 15.5. The van der Waals surface area contributed by atoms with E-state index in [1.54, 1.807) is 20.0 Å². The van der Waals surface area contributed by atoms with Crippen molar-refractivity contribution in [2.24, 2.45) is 4.99 Å². The van der Waals surface area contributed by atoms with Crippen molar-refractivity contribution in [2.75, 3.05) is 20.1 Å². The van der Waals surface area contributed by atoms with Gasteiger partial charge in [-0.1, -0.05) is 36.4 Å². The second kappa shape index (κ2) is 12.2. The molecule has 2 aromatic rings. The first-order valence-corrected chi connectivity index (χ1v) is 10.2. The number of likely N-dealkylation sites (tertiary alicyclic amines) is 1. The largest absolute Gasteiger partial charge is 0.393 e. The molecule has 1 aliphatic heterocycles. The zero-order valence-corrected chi connectivity index (χ0v) is 20.0. The Labute approximate surface area is 195 Å². The molecule has 5 nitrogen and oxygen atoms in total. The molecule has 1 heterocycles. The van der Waals surface area contributed by atoms with Crippen LogP contribution in [0.5, 0.6) is 0 Å². The lowest BCUT2D eigenvalue weighted by Crippen LogP contribution is -2.36. The molecule has 1 saturated heterocycles. The fraction of sp³-hybridized carbons (Fsp3) is 0.435. The summed E-state index contributed by atoms with van der Waals surface area (Å²) in [5, 5.41) is 16.2. The highest BCUT2D eigenvalue weighted by Gasteiger charge is 2.16. The van der Waals surface area contributed by atoms with E-state index in [1.165, 1.54) is 17.2 Å². The zero-order chi connectivity index (χ0) is 20.6. The van der Waals surface area contributed by atoms with E-state index in [0.29, 0.717) is 24.6 Å². The highest BCUT2D eigenvalue weighted by molar-refractivity contribution is 14.0. The zero-order valence-electron chi connectivity index (χ0n) is 17.7. The van der Waals surface area contributed by atoms with Gasteiger partial charge in [0.1, 0.15) is 5.82 Å². The Balaban J connectivity index is 0.00000320. The van der Waals surface area contributed by atoms with E-state index in [4.69, 9.17) is 0 Å². The number of nitrogens with one attached hydrogen (secondary N) is 2. The summed E-state index contributed by atoms with van der Waals surface area (Å²) in [5.74, 6) is 0.528. The second-order valence-corrected chi connectivity index (χ2v) is 7.69. The van der Waals surface area contributed by atoms with Gasteiger partial charge in [0.2, 0.25) is 0 Å². The van der Waals surface area contributed by atoms with E-state index in [9.17, 15) is 9.50 Å². The molecule has 0 spiro atoms. The average Bonchev–Trinajstić information content (AvgIpc) is 2.73.